The summed E-state index contributed by atoms with van der Waals surface area (Å²) in [7, 11) is 0. The highest BCUT2D eigenvalue weighted by molar-refractivity contribution is 6.22. The predicted octanol–water partition coefficient (Wildman–Crippen LogP) is 1.10. The lowest BCUT2D eigenvalue weighted by atomic mass is 10.1. The maximum absolute atomic E-state index is 12.3. The van der Waals surface area contributed by atoms with Gasteiger partial charge in [-0.1, -0.05) is 24.3 Å². The first-order valence-corrected chi connectivity index (χ1v) is 9.86. The van der Waals surface area contributed by atoms with E-state index in [4.69, 9.17) is 0 Å². The number of rotatable bonds is 8. The summed E-state index contributed by atoms with van der Waals surface area (Å²) in [5.41, 5.74) is 1.76. The van der Waals surface area contributed by atoms with Crippen molar-refractivity contribution in [1.29, 1.82) is 0 Å². The van der Waals surface area contributed by atoms with E-state index in [2.05, 4.69) is 10.6 Å². The van der Waals surface area contributed by atoms with Crippen molar-refractivity contribution >= 4 is 23.6 Å². The molecular formula is C22H22N4O4. The van der Waals surface area contributed by atoms with Gasteiger partial charge in [-0.05, 0) is 31.2 Å². The molecule has 0 radical (unpaired) electrons. The van der Waals surface area contributed by atoms with Gasteiger partial charge in [-0.15, -0.1) is 0 Å². The molecule has 0 saturated heterocycles. The average Bonchev–Trinajstić information content (AvgIpc) is 3.15. The Morgan fingerprint density at radius 3 is 1.23 bits per heavy atom. The van der Waals surface area contributed by atoms with E-state index < -0.39 is 0 Å². The lowest BCUT2D eigenvalue weighted by Crippen LogP contribution is -2.47. The Kier molecular flexibility index (Phi) is 5.43. The fraction of sp³-hybridized carbons (Fsp3) is 0.273. The molecule has 2 N–H and O–H groups in total. The summed E-state index contributed by atoms with van der Waals surface area (Å²) in [4.78, 5) is 51.9. The third-order valence-corrected chi connectivity index (χ3v) is 5.33. The van der Waals surface area contributed by atoms with Gasteiger partial charge < -0.3 is 10.6 Å². The van der Waals surface area contributed by atoms with E-state index in [0.29, 0.717) is 35.3 Å². The zero-order valence-electron chi connectivity index (χ0n) is 16.6. The molecule has 30 heavy (non-hydrogen) atoms. The predicted molar refractivity (Wildman–Crippen MR) is 109 cm³/mol. The molecule has 2 aromatic carbocycles. The molecule has 0 aliphatic carbocycles. The molecule has 2 aromatic rings. The van der Waals surface area contributed by atoms with Gasteiger partial charge in [-0.2, -0.15) is 0 Å². The van der Waals surface area contributed by atoms with Crippen LogP contribution in [0.5, 0.6) is 0 Å². The van der Waals surface area contributed by atoms with Crippen LogP contribution in [0.15, 0.2) is 48.5 Å². The molecule has 154 valence electrons. The second-order valence-corrected chi connectivity index (χ2v) is 7.24. The largest absolute Gasteiger partial charge is 0.300 e. The molecule has 0 spiro atoms. The first kappa shape index (κ1) is 19.9. The Balaban J connectivity index is 1.21. The summed E-state index contributed by atoms with van der Waals surface area (Å²) in [5.74, 6) is -1.10. The van der Waals surface area contributed by atoms with Gasteiger partial charge in [0, 0.05) is 26.2 Å². The fourth-order valence-corrected chi connectivity index (χ4v) is 3.74. The monoisotopic (exact) mass is 406 g/mol. The molecule has 0 bridgehead atoms. The van der Waals surface area contributed by atoms with Gasteiger partial charge in [-0.3, -0.25) is 29.0 Å². The van der Waals surface area contributed by atoms with Gasteiger partial charge in [-0.25, -0.2) is 0 Å². The van der Waals surface area contributed by atoms with Crippen molar-refractivity contribution < 1.29 is 19.2 Å². The van der Waals surface area contributed by atoms with E-state index in [-0.39, 0.29) is 42.9 Å². The van der Waals surface area contributed by atoms with E-state index in [1.54, 1.807) is 48.5 Å². The van der Waals surface area contributed by atoms with Crippen molar-refractivity contribution in [1.82, 2.24) is 20.4 Å². The number of nitrogens with zero attached hydrogens (tertiary/aromatic N) is 2. The third kappa shape index (κ3) is 3.51. The van der Waals surface area contributed by atoms with Crippen molar-refractivity contribution in [3.63, 3.8) is 0 Å². The summed E-state index contributed by atoms with van der Waals surface area (Å²) in [6.45, 7) is 3.26. The van der Waals surface area contributed by atoms with Crippen molar-refractivity contribution in [2.24, 2.45) is 0 Å². The zero-order valence-corrected chi connectivity index (χ0v) is 16.6. The molecule has 0 unspecified atom stereocenters. The molecule has 8 nitrogen and oxygen atoms in total. The SMILES string of the molecule is CC(NCCN1C(=O)c2ccccc2C1=O)NCCN1C(=O)c2ccccc2C1=O. The zero-order chi connectivity index (χ0) is 21.3. The average molecular weight is 406 g/mol. The highest BCUT2D eigenvalue weighted by atomic mass is 16.2. The van der Waals surface area contributed by atoms with Crippen LogP contribution in [0.1, 0.15) is 48.4 Å². The molecule has 0 fully saturated rings. The molecule has 8 heteroatoms. The minimum absolute atomic E-state index is 0.129. The lowest BCUT2D eigenvalue weighted by molar-refractivity contribution is 0.0643. The van der Waals surface area contributed by atoms with Crippen LogP contribution in [-0.4, -0.2) is 65.8 Å². The van der Waals surface area contributed by atoms with Crippen molar-refractivity contribution in [3.8, 4) is 0 Å². The van der Waals surface area contributed by atoms with Crippen molar-refractivity contribution in [2.75, 3.05) is 26.2 Å². The Morgan fingerprint density at radius 2 is 0.933 bits per heavy atom. The number of fused-ring (bicyclic) bond motifs is 2. The van der Waals surface area contributed by atoms with Crippen LogP contribution in [0.2, 0.25) is 0 Å². The maximum Gasteiger partial charge on any atom is 0.261 e. The van der Waals surface area contributed by atoms with Gasteiger partial charge >= 0.3 is 0 Å². The van der Waals surface area contributed by atoms with Crippen LogP contribution in [-0.2, 0) is 0 Å². The van der Waals surface area contributed by atoms with E-state index in [9.17, 15) is 19.2 Å². The second-order valence-electron chi connectivity index (χ2n) is 7.24. The molecule has 0 atom stereocenters. The van der Waals surface area contributed by atoms with E-state index in [1.807, 2.05) is 6.92 Å². The number of nitrogens with one attached hydrogen (secondary N) is 2. The van der Waals surface area contributed by atoms with Gasteiger partial charge in [0.05, 0.1) is 28.4 Å². The second kappa shape index (κ2) is 8.17. The van der Waals surface area contributed by atoms with E-state index in [0.717, 1.165) is 0 Å². The normalized spacial score (nSPS) is 15.4. The number of imide groups is 2. The molecule has 2 aliphatic rings. The molecule has 4 amide bonds. The summed E-state index contributed by atoms with van der Waals surface area (Å²) in [5, 5.41) is 6.39. The van der Waals surface area contributed by atoms with Gasteiger partial charge in [0.25, 0.3) is 23.6 Å². The smallest absolute Gasteiger partial charge is 0.261 e. The first-order valence-electron chi connectivity index (χ1n) is 9.86. The highest BCUT2D eigenvalue weighted by Gasteiger charge is 2.35. The van der Waals surface area contributed by atoms with Crippen LogP contribution in [0.3, 0.4) is 0 Å². The molecule has 2 heterocycles. The standard InChI is InChI=1S/C22H22N4O4/c1-14(23-10-12-25-19(27)15-6-2-3-7-16(15)20(25)28)24-11-13-26-21(29)17-8-4-5-9-18(17)22(26)30/h2-9,14,23-24H,10-13H2,1H3. The number of carbonyl (C=O) groups is 4. The summed E-state index contributed by atoms with van der Waals surface area (Å²) in [6, 6.07) is 13.6. The lowest BCUT2D eigenvalue weighted by Gasteiger charge is -2.20. The first-order chi connectivity index (χ1) is 14.5. The van der Waals surface area contributed by atoms with E-state index in [1.165, 1.54) is 9.80 Å². The van der Waals surface area contributed by atoms with Crippen LogP contribution in [0, 0.1) is 0 Å². The Hall–Kier alpha value is -3.36. The summed E-state index contributed by atoms with van der Waals surface area (Å²) >= 11 is 0. The van der Waals surface area contributed by atoms with Crippen molar-refractivity contribution in [3.05, 3.63) is 70.8 Å². The minimum atomic E-state index is -0.274. The number of hydrogen-bond acceptors (Lipinski definition) is 6. The molecule has 2 aliphatic heterocycles. The van der Waals surface area contributed by atoms with Gasteiger partial charge in [0.1, 0.15) is 0 Å². The minimum Gasteiger partial charge on any atom is -0.300 e. The number of hydrogen-bond donors (Lipinski definition) is 2. The Labute approximate surface area is 173 Å². The third-order valence-electron chi connectivity index (χ3n) is 5.33. The van der Waals surface area contributed by atoms with E-state index >= 15 is 0 Å². The molecule has 4 rings (SSSR count). The van der Waals surface area contributed by atoms with Crippen molar-refractivity contribution in [2.45, 2.75) is 13.1 Å². The Morgan fingerprint density at radius 1 is 0.633 bits per heavy atom. The quantitative estimate of drug-likeness (QED) is 0.503. The molecule has 0 saturated carbocycles. The number of amides is 4. The topological polar surface area (TPSA) is 98.8 Å². The summed E-state index contributed by atoms with van der Waals surface area (Å²) < 4.78 is 0. The van der Waals surface area contributed by atoms with Crippen LogP contribution < -0.4 is 10.6 Å². The number of carbonyl (C=O) groups excluding carboxylic acids is 4. The maximum atomic E-state index is 12.3. The fourth-order valence-electron chi connectivity index (χ4n) is 3.74. The van der Waals surface area contributed by atoms with Crippen LogP contribution in [0.25, 0.3) is 0 Å². The summed E-state index contributed by atoms with van der Waals surface area (Å²) in [6.07, 6.45) is -0.129. The highest BCUT2D eigenvalue weighted by Crippen LogP contribution is 2.22. The Bertz CT molecular complexity index is 884. The van der Waals surface area contributed by atoms with Crippen LogP contribution in [0.4, 0.5) is 0 Å². The van der Waals surface area contributed by atoms with Gasteiger partial charge in [0.2, 0.25) is 0 Å². The molecular weight excluding hydrogens is 384 g/mol. The molecule has 0 aromatic heterocycles. The van der Waals surface area contributed by atoms with Crippen LogP contribution >= 0.6 is 0 Å². The number of benzene rings is 2. The van der Waals surface area contributed by atoms with Gasteiger partial charge in [0.15, 0.2) is 0 Å².